The molecule has 0 bridgehead atoms. The lowest BCUT2D eigenvalue weighted by molar-refractivity contribution is -0.137. The molecule has 0 aliphatic heterocycles. The van der Waals surface area contributed by atoms with Crippen LogP contribution in [0.5, 0.6) is 11.5 Å². The Bertz CT molecular complexity index is 1080. The first-order valence-corrected chi connectivity index (χ1v) is 18.8. The molecule has 0 aliphatic carbocycles. The van der Waals surface area contributed by atoms with Crippen molar-refractivity contribution in [2.75, 3.05) is 40.4 Å². The van der Waals surface area contributed by atoms with E-state index in [0.29, 0.717) is 37.7 Å². The fourth-order valence-corrected chi connectivity index (χ4v) is 8.67. The number of methoxy groups -OCH3 is 2. The summed E-state index contributed by atoms with van der Waals surface area (Å²) in [5.41, 5.74) is 0.837. The minimum absolute atomic E-state index is 0.0371. The number of ether oxygens (including phenoxy) is 2. The van der Waals surface area contributed by atoms with Crippen molar-refractivity contribution in [3.05, 3.63) is 59.7 Å². The van der Waals surface area contributed by atoms with Crippen molar-refractivity contribution in [2.24, 2.45) is 0 Å². The summed E-state index contributed by atoms with van der Waals surface area (Å²) < 4.78 is 26.3. The molecule has 246 valence electrons. The quantitative estimate of drug-likeness (QED) is 0.122. The molecule has 0 saturated carbocycles. The van der Waals surface area contributed by atoms with E-state index in [4.69, 9.17) is 9.47 Å². The maximum atomic E-state index is 15.6. The summed E-state index contributed by atoms with van der Waals surface area (Å²) in [6.07, 6.45) is 7.84. The zero-order chi connectivity index (χ0) is 32.4. The van der Waals surface area contributed by atoms with E-state index in [2.05, 4.69) is 27.7 Å². The molecule has 44 heavy (non-hydrogen) atoms. The van der Waals surface area contributed by atoms with Crippen LogP contribution in [0.3, 0.4) is 0 Å². The Morgan fingerprint density at radius 2 is 1.00 bits per heavy atom. The molecule has 0 heterocycles. The van der Waals surface area contributed by atoms with Gasteiger partial charge in [0.15, 0.2) is 0 Å². The number of unbranched alkanes of at least 4 members (excludes halogenated alkanes) is 4. The molecule has 2 rings (SSSR count). The monoisotopic (exact) mass is 628 g/mol. The van der Waals surface area contributed by atoms with Gasteiger partial charge in [0.2, 0.25) is 11.8 Å². The highest BCUT2D eigenvalue weighted by Gasteiger charge is 2.42. The molecule has 7 nitrogen and oxygen atoms in total. The summed E-state index contributed by atoms with van der Waals surface area (Å²) in [6, 6.07) is 15.1. The van der Waals surface area contributed by atoms with Crippen molar-refractivity contribution in [3.8, 4) is 11.5 Å². The third-order valence-corrected chi connectivity index (χ3v) is 11.6. The lowest BCUT2D eigenvalue weighted by Crippen LogP contribution is -2.44. The van der Waals surface area contributed by atoms with Gasteiger partial charge in [-0.15, -0.1) is 0 Å². The molecule has 1 unspecified atom stereocenters. The Morgan fingerprint density at radius 3 is 1.34 bits per heavy atom. The third kappa shape index (κ3) is 12.0. The molecule has 0 saturated heterocycles. The second-order valence-electron chi connectivity index (χ2n) is 11.8. The first kappa shape index (κ1) is 37.4. The average Bonchev–Trinajstić information content (AvgIpc) is 3.04. The van der Waals surface area contributed by atoms with Crippen LogP contribution in [0.15, 0.2) is 48.5 Å². The Labute approximate surface area is 267 Å². The van der Waals surface area contributed by atoms with E-state index in [1.165, 1.54) is 0 Å². The fraction of sp³-hybridized carbons (Fsp3) is 0.611. The third-order valence-electron chi connectivity index (χ3n) is 8.23. The zero-order valence-corrected chi connectivity index (χ0v) is 29.1. The van der Waals surface area contributed by atoms with Gasteiger partial charge in [-0.05, 0) is 61.1 Å². The Hall–Kier alpha value is -2.79. The number of benzene rings is 2. The second kappa shape index (κ2) is 20.3. The van der Waals surface area contributed by atoms with E-state index in [-0.39, 0.29) is 30.6 Å². The van der Waals surface area contributed by atoms with Crippen LogP contribution in [0.2, 0.25) is 0 Å². The predicted molar refractivity (Wildman–Crippen MR) is 182 cm³/mol. The van der Waals surface area contributed by atoms with Gasteiger partial charge in [-0.1, -0.05) is 77.6 Å². The van der Waals surface area contributed by atoms with E-state index < -0.39 is 12.8 Å². The summed E-state index contributed by atoms with van der Waals surface area (Å²) >= 11 is 0. The fourth-order valence-electron chi connectivity index (χ4n) is 5.41. The van der Waals surface area contributed by atoms with Crippen LogP contribution in [0.25, 0.3) is 0 Å². The molecule has 0 aliphatic rings. The van der Waals surface area contributed by atoms with Crippen LogP contribution in [0.4, 0.5) is 0 Å². The summed E-state index contributed by atoms with van der Waals surface area (Å²) in [4.78, 5) is 32.4. The van der Waals surface area contributed by atoms with E-state index in [1.807, 2.05) is 58.3 Å². The van der Waals surface area contributed by atoms with Crippen LogP contribution in [-0.2, 0) is 26.5 Å². The van der Waals surface area contributed by atoms with Gasteiger partial charge in [0.1, 0.15) is 24.3 Å². The maximum absolute atomic E-state index is 15.6. The molecule has 8 heteroatoms. The Balaban J connectivity index is 2.64. The molecular formula is C36H57N2O5P. The highest BCUT2D eigenvalue weighted by molar-refractivity contribution is 7.64. The van der Waals surface area contributed by atoms with E-state index in [9.17, 15) is 9.59 Å². The predicted octanol–water partition coefficient (Wildman–Crippen LogP) is 8.38. The smallest absolute Gasteiger partial charge is 0.233 e. The summed E-state index contributed by atoms with van der Waals surface area (Å²) in [5, 5.41) is 0. The summed E-state index contributed by atoms with van der Waals surface area (Å²) in [6.45, 7) is 11.0. The lowest BCUT2D eigenvalue weighted by atomic mass is 10.2. The molecular weight excluding hydrogens is 571 g/mol. The van der Waals surface area contributed by atoms with E-state index in [1.54, 1.807) is 14.2 Å². The number of hydrogen-bond acceptors (Lipinski definition) is 5. The summed E-state index contributed by atoms with van der Waals surface area (Å²) in [7, 11) is -0.122. The summed E-state index contributed by atoms with van der Waals surface area (Å²) in [5.74, 6) is 1.22. The number of nitrogens with zero attached hydrogens (tertiary/aromatic N) is 2. The van der Waals surface area contributed by atoms with Gasteiger partial charge < -0.3 is 23.8 Å². The molecule has 0 aromatic heterocycles. The molecule has 2 amide bonds. The van der Waals surface area contributed by atoms with Crippen molar-refractivity contribution in [1.82, 2.24) is 9.80 Å². The van der Waals surface area contributed by atoms with Gasteiger partial charge in [0, 0.05) is 44.9 Å². The number of hydrogen-bond donors (Lipinski definition) is 0. The van der Waals surface area contributed by atoms with Crippen molar-refractivity contribution in [1.29, 1.82) is 0 Å². The van der Waals surface area contributed by atoms with Crippen LogP contribution < -0.4 is 9.47 Å². The van der Waals surface area contributed by atoms with E-state index >= 15 is 4.57 Å². The zero-order valence-electron chi connectivity index (χ0n) is 28.2. The standard InChI is InChI=1S/C36H57N2O5P/c1-7-11-23-37(24-12-8-2)35(39)27-34(36(40)38(25-13-9-3)26-14-10-4)44(41,28-30-15-19-32(42-5)20-16-30)29-31-17-21-33(43-6)22-18-31/h15-22,34H,7-14,23-29H2,1-6H3. The van der Waals surface area contributed by atoms with Crippen LogP contribution in [0, 0.1) is 0 Å². The van der Waals surface area contributed by atoms with Crippen molar-refractivity contribution < 1.29 is 23.6 Å². The molecule has 0 radical (unpaired) electrons. The van der Waals surface area contributed by atoms with Crippen LogP contribution in [-0.4, -0.2) is 67.7 Å². The lowest BCUT2D eigenvalue weighted by Gasteiger charge is -2.34. The molecule has 0 spiro atoms. The maximum Gasteiger partial charge on any atom is 0.233 e. The minimum atomic E-state index is -3.36. The van der Waals surface area contributed by atoms with E-state index in [0.717, 1.165) is 62.5 Å². The topological polar surface area (TPSA) is 76.2 Å². The van der Waals surface area contributed by atoms with Gasteiger partial charge in [-0.25, -0.2) is 0 Å². The van der Waals surface area contributed by atoms with Gasteiger partial charge in [0.05, 0.1) is 14.2 Å². The normalized spacial score (nSPS) is 12.0. The van der Waals surface area contributed by atoms with Crippen LogP contribution in [0.1, 0.15) is 96.6 Å². The highest BCUT2D eigenvalue weighted by Crippen LogP contribution is 2.58. The molecule has 2 aromatic rings. The van der Waals surface area contributed by atoms with Gasteiger partial charge in [-0.3, -0.25) is 9.59 Å². The first-order chi connectivity index (χ1) is 21.2. The molecule has 0 N–H and O–H groups in total. The number of amides is 2. The van der Waals surface area contributed by atoms with Crippen molar-refractivity contribution >= 4 is 19.0 Å². The number of carbonyl (C=O) groups is 2. The first-order valence-electron chi connectivity index (χ1n) is 16.6. The molecule has 2 aromatic carbocycles. The Morgan fingerprint density at radius 1 is 0.636 bits per heavy atom. The minimum Gasteiger partial charge on any atom is -0.497 e. The molecule has 1 atom stereocenters. The largest absolute Gasteiger partial charge is 0.497 e. The Kier molecular flexibility index (Phi) is 17.2. The SMILES string of the molecule is CCCCN(CCCC)C(=O)CC(C(=O)N(CCCC)CCCC)P(=O)(Cc1ccc(OC)cc1)Cc1ccc(OC)cc1. The van der Waals surface area contributed by atoms with Crippen LogP contribution >= 0.6 is 7.14 Å². The van der Waals surface area contributed by atoms with Gasteiger partial charge >= 0.3 is 0 Å². The van der Waals surface area contributed by atoms with Crippen molar-refractivity contribution in [2.45, 2.75) is 103 Å². The average molecular weight is 629 g/mol. The number of carbonyl (C=O) groups excluding carboxylic acids is 2. The molecule has 0 fully saturated rings. The highest BCUT2D eigenvalue weighted by atomic mass is 31.2. The second-order valence-corrected chi connectivity index (χ2v) is 15.0. The van der Waals surface area contributed by atoms with Gasteiger partial charge in [-0.2, -0.15) is 0 Å². The van der Waals surface area contributed by atoms with Gasteiger partial charge in [0.25, 0.3) is 0 Å². The van der Waals surface area contributed by atoms with Crippen molar-refractivity contribution in [3.63, 3.8) is 0 Å². The number of rotatable bonds is 22.